The number of rotatable bonds is 9. The number of aliphatic hydroxyl groups excluding tert-OH is 1. The van der Waals surface area contributed by atoms with Crippen LogP contribution in [-0.2, 0) is 11.0 Å². The number of nitro benzene ring substituents is 1. The van der Waals surface area contributed by atoms with E-state index in [0.29, 0.717) is 6.07 Å². The van der Waals surface area contributed by atoms with Crippen molar-refractivity contribution in [1.82, 2.24) is 5.32 Å². The third-order valence-corrected chi connectivity index (χ3v) is 4.60. The minimum absolute atomic E-state index is 0.260. The standard InChI is InChI=1S/C18H21F3N2O7/c1-9(17(2,3)8-24)22-7-11(16(26)27)15(25)10-5-13(23(28)29)12(18(19,20)21)6-14(10)30-4/h5-7,9,22,24H,8H2,1-4H3,(H,26,27). The number of nitro groups is 1. The molecule has 1 atom stereocenters. The van der Waals surface area contributed by atoms with Crippen molar-refractivity contribution < 1.29 is 42.6 Å². The number of nitrogens with one attached hydrogen (secondary N) is 1. The molecule has 1 aromatic carbocycles. The summed E-state index contributed by atoms with van der Waals surface area (Å²) in [4.78, 5) is 34.0. The monoisotopic (exact) mass is 434 g/mol. The average molecular weight is 434 g/mol. The number of ketones is 1. The molecule has 3 N–H and O–H groups in total. The quantitative estimate of drug-likeness (QED) is 0.135. The molecule has 0 heterocycles. The minimum Gasteiger partial charge on any atom is -0.496 e. The van der Waals surface area contributed by atoms with Crippen molar-refractivity contribution >= 4 is 17.4 Å². The van der Waals surface area contributed by atoms with E-state index in [9.17, 15) is 43.1 Å². The summed E-state index contributed by atoms with van der Waals surface area (Å²) in [6, 6.07) is 0.103. The zero-order chi connectivity index (χ0) is 23.4. The molecule has 0 aromatic heterocycles. The van der Waals surface area contributed by atoms with Gasteiger partial charge in [-0.3, -0.25) is 14.9 Å². The second kappa shape index (κ2) is 9.11. The molecule has 0 saturated heterocycles. The molecule has 30 heavy (non-hydrogen) atoms. The van der Waals surface area contributed by atoms with E-state index < -0.39 is 62.4 Å². The molecule has 1 unspecified atom stereocenters. The maximum Gasteiger partial charge on any atom is 0.423 e. The van der Waals surface area contributed by atoms with Gasteiger partial charge in [-0.1, -0.05) is 13.8 Å². The average Bonchev–Trinajstić information content (AvgIpc) is 2.65. The van der Waals surface area contributed by atoms with Gasteiger partial charge in [0.2, 0.25) is 5.78 Å². The maximum atomic E-state index is 13.1. The van der Waals surface area contributed by atoms with Gasteiger partial charge in [-0.25, -0.2) is 4.79 Å². The van der Waals surface area contributed by atoms with Gasteiger partial charge in [-0.2, -0.15) is 13.2 Å². The van der Waals surface area contributed by atoms with Gasteiger partial charge in [-0.05, 0) is 6.92 Å². The van der Waals surface area contributed by atoms with Crippen LogP contribution < -0.4 is 10.1 Å². The molecule has 0 aliphatic rings. The van der Waals surface area contributed by atoms with Crippen LogP contribution in [0, 0.1) is 15.5 Å². The van der Waals surface area contributed by atoms with Crippen LogP contribution in [-0.4, -0.2) is 46.6 Å². The Balaban J connectivity index is 3.54. The van der Waals surface area contributed by atoms with Crippen LogP contribution in [0.25, 0.3) is 0 Å². The number of methoxy groups -OCH3 is 1. The molecule has 0 amide bonds. The highest BCUT2D eigenvalue weighted by Gasteiger charge is 2.40. The predicted octanol–water partition coefficient (Wildman–Crippen LogP) is 2.77. The van der Waals surface area contributed by atoms with Crippen molar-refractivity contribution in [2.75, 3.05) is 13.7 Å². The number of carbonyl (C=O) groups is 2. The third kappa shape index (κ3) is 5.47. The molecule has 0 radical (unpaired) electrons. The first-order chi connectivity index (χ1) is 13.7. The second-order valence-corrected chi connectivity index (χ2v) is 7.05. The molecule has 0 fully saturated rings. The van der Waals surface area contributed by atoms with Gasteiger partial charge in [0.15, 0.2) is 0 Å². The van der Waals surface area contributed by atoms with Gasteiger partial charge < -0.3 is 20.3 Å². The summed E-state index contributed by atoms with van der Waals surface area (Å²) in [7, 11) is 0.937. The first kappa shape index (κ1) is 24.9. The number of nitrogens with zero attached hydrogens (tertiary/aromatic N) is 1. The lowest BCUT2D eigenvalue weighted by molar-refractivity contribution is -0.388. The molecule has 0 aliphatic carbocycles. The van der Waals surface area contributed by atoms with Gasteiger partial charge in [0, 0.05) is 29.8 Å². The molecule has 0 bridgehead atoms. The summed E-state index contributed by atoms with van der Waals surface area (Å²) < 4.78 is 44.1. The molecule has 0 aliphatic heterocycles. The van der Waals surface area contributed by atoms with Gasteiger partial charge in [0.25, 0.3) is 5.69 Å². The number of aliphatic carboxylic acids is 1. The van der Waals surface area contributed by atoms with Gasteiger partial charge in [-0.15, -0.1) is 0 Å². The van der Waals surface area contributed by atoms with E-state index in [-0.39, 0.29) is 12.7 Å². The Morgan fingerprint density at radius 2 is 1.90 bits per heavy atom. The van der Waals surface area contributed by atoms with Crippen LogP contribution in [0.1, 0.15) is 36.7 Å². The van der Waals surface area contributed by atoms with Crippen molar-refractivity contribution in [2.45, 2.75) is 33.0 Å². The molecule has 0 spiro atoms. The third-order valence-electron chi connectivity index (χ3n) is 4.60. The number of carbonyl (C=O) groups excluding carboxylic acids is 1. The van der Waals surface area contributed by atoms with E-state index in [2.05, 4.69) is 5.32 Å². The number of carboxylic acids is 1. The van der Waals surface area contributed by atoms with Crippen LogP contribution in [0.5, 0.6) is 5.75 Å². The Kier molecular flexibility index (Phi) is 7.56. The fourth-order valence-electron chi connectivity index (χ4n) is 2.23. The van der Waals surface area contributed by atoms with Crippen LogP contribution in [0.15, 0.2) is 23.9 Å². The number of ether oxygens (including phenoxy) is 1. The number of hydrogen-bond donors (Lipinski definition) is 3. The summed E-state index contributed by atoms with van der Waals surface area (Å²) in [6.45, 7) is 4.69. The van der Waals surface area contributed by atoms with E-state index in [1.54, 1.807) is 20.8 Å². The number of Topliss-reactive ketones (excluding diaryl/α,β-unsaturated/α-hetero) is 1. The molecule has 12 heteroatoms. The van der Waals surface area contributed by atoms with E-state index in [4.69, 9.17) is 4.74 Å². The highest BCUT2D eigenvalue weighted by molar-refractivity contribution is 6.24. The first-order valence-corrected chi connectivity index (χ1v) is 8.46. The Morgan fingerprint density at radius 3 is 2.30 bits per heavy atom. The van der Waals surface area contributed by atoms with E-state index in [0.717, 1.165) is 13.3 Å². The summed E-state index contributed by atoms with van der Waals surface area (Å²) >= 11 is 0. The van der Waals surface area contributed by atoms with Gasteiger partial charge in [0.1, 0.15) is 16.9 Å². The number of aliphatic hydroxyl groups is 1. The Labute approximate surface area is 169 Å². The van der Waals surface area contributed by atoms with E-state index in [1.807, 2.05) is 0 Å². The highest BCUT2D eigenvalue weighted by Crippen LogP contribution is 2.40. The zero-order valence-corrected chi connectivity index (χ0v) is 16.5. The largest absolute Gasteiger partial charge is 0.496 e. The summed E-state index contributed by atoms with van der Waals surface area (Å²) in [5.41, 5.74) is -5.37. The number of carboxylic acid groups (broad SMARTS) is 1. The maximum absolute atomic E-state index is 13.1. The summed E-state index contributed by atoms with van der Waals surface area (Å²) in [6.07, 6.45) is -4.27. The predicted molar refractivity (Wildman–Crippen MR) is 98.2 cm³/mol. The number of alkyl halides is 3. The molecule has 166 valence electrons. The van der Waals surface area contributed by atoms with Crippen molar-refractivity contribution in [3.05, 3.63) is 45.1 Å². The van der Waals surface area contributed by atoms with Crippen molar-refractivity contribution in [3.63, 3.8) is 0 Å². The van der Waals surface area contributed by atoms with Gasteiger partial charge >= 0.3 is 12.1 Å². The van der Waals surface area contributed by atoms with Gasteiger partial charge in [0.05, 0.1) is 24.2 Å². The van der Waals surface area contributed by atoms with Crippen LogP contribution in [0.3, 0.4) is 0 Å². The number of hydrogen-bond acceptors (Lipinski definition) is 7. The van der Waals surface area contributed by atoms with E-state index in [1.165, 1.54) is 0 Å². The van der Waals surface area contributed by atoms with E-state index >= 15 is 0 Å². The van der Waals surface area contributed by atoms with Crippen LogP contribution >= 0.6 is 0 Å². The topological polar surface area (TPSA) is 139 Å². The van der Waals surface area contributed by atoms with Crippen molar-refractivity contribution in [1.29, 1.82) is 0 Å². The van der Waals surface area contributed by atoms with Crippen molar-refractivity contribution in [2.24, 2.45) is 5.41 Å². The number of benzene rings is 1. The molecule has 1 rings (SSSR count). The highest BCUT2D eigenvalue weighted by atomic mass is 19.4. The minimum atomic E-state index is -5.10. The lowest BCUT2D eigenvalue weighted by Crippen LogP contribution is -2.40. The fourth-order valence-corrected chi connectivity index (χ4v) is 2.23. The molecule has 9 nitrogen and oxygen atoms in total. The lowest BCUT2D eigenvalue weighted by Gasteiger charge is -2.29. The van der Waals surface area contributed by atoms with Crippen LogP contribution in [0.2, 0.25) is 0 Å². The van der Waals surface area contributed by atoms with Crippen LogP contribution in [0.4, 0.5) is 18.9 Å². The zero-order valence-electron chi connectivity index (χ0n) is 16.5. The second-order valence-electron chi connectivity index (χ2n) is 7.05. The SMILES string of the molecule is COc1cc(C(F)(F)F)c([N+](=O)[O-])cc1C(=O)C(=CNC(C)C(C)(C)CO)C(=O)O. The normalized spacial score (nSPS) is 13.5. The lowest BCUT2D eigenvalue weighted by atomic mass is 9.86. The number of halogens is 3. The molecular formula is C18H21F3N2O7. The Bertz CT molecular complexity index is 879. The smallest absolute Gasteiger partial charge is 0.423 e. The molecule has 1 aromatic rings. The van der Waals surface area contributed by atoms with Crippen molar-refractivity contribution in [3.8, 4) is 5.75 Å². The Hall–Kier alpha value is -3.15. The Morgan fingerprint density at radius 1 is 1.33 bits per heavy atom. The first-order valence-electron chi connectivity index (χ1n) is 8.46. The molecule has 0 saturated carbocycles. The molecular weight excluding hydrogens is 413 g/mol. The fraction of sp³-hybridized carbons (Fsp3) is 0.444. The summed E-state index contributed by atoms with van der Waals surface area (Å²) in [5, 5.41) is 32.5. The summed E-state index contributed by atoms with van der Waals surface area (Å²) in [5.74, 6) is -3.68.